The molecule has 0 saturated heterocycles. The van der Waals surface area contributed by atoms with Gasteiger partial charge in [0.25, 0.3) is 5.69 Å². The Balaban J connectivity index is 2.35. The summed E-state index contributed by atoms with van der Waals surface area (Å²) in [5.41, 5.74) is -20.8. The molecule has 19 heteroatoms. The Morgan fingerprint density at radius 3 is 1.47 bits per heavy atom. The second-order valence-electron chi connectivity index (χ2n) is 8.65. The van der Waals surface area contributed by atoms with Gasteiger partial charge >= 0.3 is 6.18 Å². The fraction of sp³-hybridized carbons (Fsp3) is 0.0357. The number of aromatic nitrogens is 2. The molecule has 232 valence electrons. The maximum Gasteiger partial charge on any atom is 0.421 e. The van der Waals surface area contributed by atoms with Crippen LogP contribution in [0.5, 0.6) is 0 Å². The van der Waals surface area contributed by atoms with Gasteiger partial charge in [-0.25, -0.2) is 54.8 Å². The van der Waals surface area contributed by atoms with Crippen molar-refractivity contribution in [1.29, 1.82) is 15.8 Å². The van der Waals surface area contributed by atoms with Gasteiger partial charge in [0.15, 0.2) is 46.5 Å². The van der Waals surface area contributed by atoms with Crippen LogP contribution in [-0.2, 0) is 6.18 Å². The van der Waals surface area contributed by atoms with Crippen molar-refractivity contribution in [2.45, 2.75) is 6.18 Å². The molecule has 2 aromatic carbocycles. The van der Waals surface area contributed by atoms with Crippen molar-refractivity contribution in [3.63, 3.8) is 0 Å². The zero-order valence-corrected chi connectivity index (χ0v) is 21.7. The SMILES string of the molecule is [C-]#[N+]/C(=C1/C(=C(\C#N)c2c(F)c(F)c(C#N)c(F)c2F)/C1=C(\C#N)c1c(F)c(F)c([N+]#[C-])c(F)c1F)c1ncnc(F)c1C(F)(F)F. The Labute approximate surface area is 252 Å². The van der Waals surface area contributed by atoms with E-state index in [1.54, 1.807) is 0 Å². The molecule has 7 nitrogen and oxygen atoms in total. The zero-order chi connectivity index (χ0) is 35.3. The minimum atomic E-state index is -5.71. The number of rotatable bonds is 3. The maximum absolute atomic E-state index is 15.0. The Kier molecular flexibility index (Phi) is 8.27. The summed E-state index contributed by atoms with van der Waals surface area (Å²) in [6.45, 7) is 14.1. The number of hydrogen-bond donors (Lipinski definition) is 0. The maximum atomic E-state index is 15.0. The minimum absolute atomic E-state index is 0.134. The molecule has 1 heterocycles. The summed E-state index contributed by atoms with van der Waals surface area (Å²) in [7, 11) is 0. The van der Waals surface area contributed by atoms with Crippen LogP contribution in [0.4, 0.5) is 58.4 Å². The van der Waals surface area contributed by atoms with Crippen molar-refractivity contribution in [3.8, 4) is 18.2 Å². The summed E-state index contributed by atoms with van der Waals surface area (Å²) in [4.78, 5) is 10.8. The molecule has 0 atom stereocenters. The largest absolute Gasteiger partial charge is 0.421 e. The quantitative estimate of drug-likeness (QED) is 0.0937. The van der Waals surface area contributed by atoms with E-state index in [0.717, 1.165) is 18.2 Å². The van der Waals surface area contributed by atoms with Gasteiger partial charge in [-0.1, -0.05) is 0 Å². The molecule has 1 saturated carbocycles. The summed E-state index contributed by atoms with van der Waals surface area (Å²) in [5.74, 6) is -21.9. The zero-order valence-electron chi connectivity index (χ0n) is 21.7. The summed E-state index contributed by atoms with van der Waals surface area (Å²) in [6.07, 6.45) is -5.58. The lowest BCUT2D eigenvalue weighted by Gasteiger charge is -2.11. The summed E-state index contributed by atoms with van der Waals surface area (Å²) in [5, 5.41) is 28.4. The highest BCUT2D eigenvalue weighted by Gasteiger charge is 2.47. The molecule has 0 amide bonds. The number of allylic oxidation sites excluding steroid dienone is 5. The number of halogens is 12. The lowest BCUT2D eigenvalue weighted by atomic mass is 9.99. The van der Waals surface area contributed by atoms with Crippen molar-refractivity contribution in [2.24, 2.45) is 0 Å². The molecule has 0 unspecified atom stereocenters. The first-order chi connectivity index (χ1) is 22.0. The van der Waals surface area contributed by atoms with E-state index in [2.05, 4.69) is 19.7 Å². The highest BCUT2D eigenvalue weighted by Crippen LogP contribution is 2.58. The van der Waals surface area contributed by atoms with Crippen molar-refractivity contribution in [2.75, 3.05) is 0 Å². The van der Waals surface area contributed by atoms with Crippen molar-refractivity contribution in [1.82, 2.24) is 9.97 Å². The molecule has 0 bridgehead atoms. The van der Waals surface area contributed by atoms with Crippen LogP contribution in [0.25, 0.3) is 26.5 Å². The first-order valence-electron chi connectivity index (χ1n) is 11.5. The topological polar surface area (TPSA) is 106 Å². The van der Waals surface area contributed by atoms with Crippen molar-refractivity contribution >= 4 is 22.5 Å². The molecular weight excluding hydrogens is 662 g/mol. The third-order valence-electron chi connectivity index (χ3n) is 6.30. The van der Waals surface area contributed by atoms with Gasteiger partial charge in [-0.05, 0) is 11.1 Å². The molecule has 1 aliphatic carbocycles. The van der Waals surface area contributed by atoms with E-state index in [-0.39, 0.29) is 6.33 Å². The van der Waals surface area contributed by atoms with Gasteiger partial charge in [-0.3, -0.25) is 0 Å². The van der Waals surface area contributed by atoms with Crippen LogP contribution in [0, 0.1) is 99.6 Å². The standard InChI is InChI=1S/C28HF12N7/c1-44-24(25-15(28(38,39)40)27(37)47-6-46-25)14-10(7(3-41)12-18(31)16(29)9(5-43)17(30)19(12)32)11(14)8(4-42)13-20(33)22(35)26(45-2)23(36)21(13)34/h6H/b10-7+,11-8-,24-14-. The average molecular weight is 663 g/mol. The van der Waals surface area contributed by atoms with E-state index < -0.39 is 126 Å². The van der Waals surface area contributed by atoms with Crippen LogP contribution in [0.2, 0.25) is 0 Å². The third kappa shape index (κ3) is 4.95. The van der Waals surface area contributed by atoms with E-state index in [0.29, 0.717) is 0 Å². The minimum Gasteiger partial charge on any atom is -0.248 e. The van der Waals surface area contributed by atoms with Gasteiger partial charge in [0.05, 0.1) is 41.1 Å². The average Bonchev–Trinajstić information content (AvgIpc) is 3.73. The molecule has 4 rings (SSSR count). The predicted molar refractivity (Wildman–Crippen MR) is 129 cm³/mol. The number of nitriles is 3. The molecule has 0 spiro atoms. The Morgan fingerprint density at radius 1 is 0.660 bits per heavy atom. The fourth-order valence-electron chi connectivity index (χ4n) is 4.31. The van der Waals surface area contributed by atoms with E-state index in [9.17, 15) is 45.6 Å². The number of hydrogen-bond acceptors (Lipinski definition) is 5. The van der Waals surface area contributed by atoms with Gasteiger partial charge in [0.1, 0.15) is 35.7 Å². The molecule has 0 aliphatic heterocycles. The molecule has 1 fully saturated rings. The van der Waals surface area contributed by atoms with Crippen LogP contribution in [-0.4, -0.2) is 9.97 Å². The van der Waals surface area contributed by atoms with Crippen molar-refractivity contribution < 1.29 is 52.7 Å². The monoisotopic (exact) mass is 663 g/mol. The molecule has 1 aliphatic rings. The lowest BCUT2D eigenvalue weighted by molar-refractivity contribution is -0.140. The smallest absolute Gasteiger partial charge is 0.248 e. The second-order valence-corrected chi connectivity index (χ2v) is 8.65. The first-order valence-corrected chi connectivity index (χ1v) is 11.5. The highest BCUT2D eigenvalue weighted by atomic mass is 19.4. The van der Waals surface area contributed by atoms with E-state index in [1.165, 1.54) is 0 Å². The molecular formula is C28HF12N7. The van der Waals surface area contributed by atoms with Crippen molar-refractivity contribution in [3.05, 3.63) is 126 Å². The summed E-state index contributed by atoms with van der Waals surface area (Å²) < 4.78 is 174. The number of nitrogens with zero attached hydrogens (tertiary/aromatic N) is 7. The normalized spacial score (nSPS) is 15.5. The first kappa shape index (κ1) is 33.2. The number of alkyl halides is 3. The fourth-order valence-corrected chi connectivity index (χ4v) is 4.31. The van der Waals surface area contributed by atoms with Gasteiger partial charge in [0.2, 0.25) is 11.6 Å². The highest BCUT2D eigenvalue weighted by molar-refractivity contribution is 6.11. The van der Waals surface area contributed by atoms with Crippen LogP contribution < -0.4 is 0 Å². The lowest BCUT2D eigenvalue weighted by Crippen LogP contribution is -2.14. The van der Waals surface area contributed by atoms with E-state index in [1.807, 2.05) is 0 Å². The van der Waals surface area contributed by atoms with Crippen LogP contribution in [0.1, 0.15) is 27.9 Å². The van der Waals surface area contributed by atoms with Gasteiger partial charge in [-0.2, -0.15) is 33.3 Å². The Hall–Kier alpha value is -6.65. The summed E-state index contributed by atoms with van der Waals surface area (Å²) in [6, 6.07) is 2.79. The third-order valence-corrected chi connectivity index (χ3v) is 6.30. The molecule has 0 radical (unpaired) electrons. The molecule has 3 aromatic rings. The van der Waals surface area contributed by atoms with Gasteiger partial charge in [0, 0.05) is 5.57 Å². The van der Waals surface area contributed by atoms with Gasteiger partial charge < -0.3 is 0 Å². The van der Waals surface area contributed by atoms with E-state index in [4.69, 9.17) is 18.4 Å². The van der Waals surface area contributed by atoms with Gasteiger partial charge in [-0.15, -0.1) is 0 Å². The van der Waals surface area contributed by atoms with E-state index >= 15 is 17.6 Å². The Morgan fingerprint density at radius 2 is 1.11 bits per heavy atom. The molecule has 0 N–H and O–H groups in total. The number of benzene rings is 2. The predicted octanol–water partition coefficient (Wildman–Crippen LogP) is 7.77. The van der Waals surface area contributed by atoms with Crippen LogP contribution in [0.3, 0.4) is 0 Å². The summed E-state index contributed by atoms with van der Waals surface area (Å²) >= 11 is 0. The molecule has 1 aromatic heterocycles. The van der Waals surface area contributed by atoms with Crippen LogP contribution >= 0.6 is 0 Å². The Bertz CT molecular complexity index is 2110. The molecule has 47 heavy (non-hydrogen) atoms. The van der Waals surface area contributed by atoms with Crippen LogP contribution in [0.15, 0.2) is 23.0 Å². The second kappa shape index (κ2) is 11.7.